The molecule has 0 radical (unpaired) electrons. The first-order chi connectivity index (χ1) is 12.1. The van der Waals surface area contributed by atoms with Gasteiger partial charge in [-0.05, 0) is 61.7 Å². The van der Waals surface area contributed by atoms with Crippen LogP contribution in [0.5, 0.6) is 0 Å². The van der Waals surface area contributed by atoms with Gasteiger partial charge in [0.25, 0.3) is 5.91 Å². The van der Waals surface area contributed by atoms with Gasteiger partial charge >= 0.3 is 0 Å². The molecule has 1 fully saturated rings. The second-order valence-electron chi connectivity index (χ2n) is 7.43. The van der Waals surface area contributed by atoms with E-state index in [4.69, 9.17) is 0 Å². The van der Waals surface area contributed by atoms with E-state index in [1.807, 2.05) is 35.3 Å². The van der Waals surface area contributed by atoms with Gasteiger partial charge in [-0.2, -0.15) is 0 Å². The van der Waals surface area contributed by atoms with Crippen LogP contribution in [0.15, 0.2) is 29.6 Å². The summed E-state index contributed by atoms with van der Waals surface area (Å²) in [4.78, 5) is 19.1. The van der Waals surface area contributed by atoms with Crippen molar-refractivity contribution in [1.82, 2.24) is 9.80 Å². The normalized spacial score (nSPS) is 19.0. The Morgan fingerprint density at radius 3 is 2.68 bits per heavy atom. The lowest BCUT2D eigenvalue weighted by atomic mass is 9.98. The molecule has 25 heavy (non-hydrogen) atoms. The Balaban J connectivity index is 1.38. The molecule has 2 aromatic rings. The summed E-state index contributed by atoms with van der Waals surface area (Å²) in [5.41, 5.74) is 4.69. The molecule has 0 bridgehead atoms. The predicted molar refractivity (Wildman–Crippen MR) is 103 cm³/mol. The largest absolute Gasteiger partial charge is 0.339 e. The van der Waals surface area contributed by atoms with E-state index in [1.165, 1.54) is 24.1 Å². The molecule has 4 rings (SSSR count). The molecule has 0 aliphatic carbocycles. The molecule has 2 aliphatic rings. The number of carbonyl (C=O) groups excluding carboxylic acids is 1. The van der Waals surface area contributed by atoms with Crippen molar-refractivity contribution < 1.29 is 4.79 Å². The fraction of sp³-hybridized carbons (Fsp3) is 0.476. The maximum atomic E-state index is 12.9. The van der Waals surface area contributed by atoms with Crippen LogP contribution < -0.4 is 0 Å². The minimum absolute atomic E-state index is 0.203. The van der Waals surface area contributed by atoms with Crippen molar-refractivity contribution in [3.63, 3.8) is 0 Å². The van der Waals surface area contributed by atoms with E-state index in [-0.39, 0.29) is 5.91 Å². The maximum absolute atomic E-state index is 12.9. The summed E-state index contributed by atoms with van der Waals surface area (Å²) in [5, 5.41) is 2.22. The van der Waals surface area contributed by atoms with Gasteiger partial charge in [-0.1, -0.05) is 17.7 Å². The monoisotopic (exact) mass is 354 g/mol. The van der Waals surface area contributed by atoms with Crippen molar-refractivity contribution in [3.05, 3.63) is 56.8 Å². The lowest BCUT2D eigenvalue weighted by molar-refractivity contribution is 0.0600. The van der Waals surface area contributed by atoms with Crippen molar-refractivity contribution in [2.45, 2.75) is 45.7 Å². The highest BCUT2D eigenvalue weighted by molar-refractivity contribution is 7.10. The predicted octanol–water partition coefficient (Wildman–Crippen LogP) is 4.03. The van der Waals surface area contributed by atoms with Crippen LogP contribution in [0.3, 0.4) is 0 Å². The molecule has 0 unspecified atom stereocenters. The zero-order valence-corrected chi connectivity index (χ0v) is 15.9. The molecule has 1 aromatic carbocycles. The molecule has 0 N–H and O–H groups in total. The molecule has 3 nitrogen and oxygen atoms in total. The number of hydrogen-bond donors (Lipinski definition) is 0. The molecule has 0 spiro atoms. The number of amides is 1. The number of thiophene rings is 1. The highest BCUT2D eigenvalue weighted by Gasteiger charge is 2.29. The minimum atomic E-state index is 0.203. The number of aryl methyl sites for hydroxylation is 2. The SMILES string of the molecule is Cc1ccc(C(=O)N2CCC(N3CCc4sccc4C3)CC2)c(C)c1. The van der Waals surface area contributed by atoms with Gasteiger partial charge in [0.1, 0.15) is 0 Å². The van der Waals surface area contributed by atoms with Crippen molar-refractivity contribution in [2.75, 3.05) is 19.6 Å². The van der Waals surface area contributed by atoms with Gasteiger partial charge < -0.3 is 4.90 Å². The van der Waals surface area contributed by atoms with Crippen molar-refractivity contribution in [3.8, 4) is 0 Å². The highest BCUT2D eigenvalue weighted by Crippen LogP contribution is 2.28. The number of likely N-dealkylation sites (tertiary alicyclic amines) is 1. The van der Waals surface area contributed by atoms with Crippen LogP contribution in [0.2, 0.25) is 0 Å². The third-order valence-corrected chi connectivity index (χ3v) is 6.74. The smallest absolute Gasteiger partial charge is 0.254 e. The number of fused-ring (bicyclic) bond motifs is 1. The number of hydrogen-bond acceptors (Lipinski definition) is 3. The van der Waals surface area contributed by atoms with Gasteiger partial charge in [-0.25, -0.2) is 0 Å². The molecule has 3 heterocycles. The molecule has 1 amide bonds. The Morgan fingerprint density at radius 1 is 1.12 bits per heavy atom. The average molecular weight is 355 g/mol. The molecule has 0 atom stereocenters. The second-order valence-corrected chi connectivity index (χ2v) is 8.43. The van der Waals surface area contributed by atoms with Crippen LogP contribution >= 0.6 is 11.3 Å². The molecule has 2 aliphatic heterocycles. The first-order valence-electron chi connectivity index (χ1n) is 9.27. The molecule has 4 heteroatoms. The molecule has 0 saturated carbocycles. The standard InChI is InChI=1S/C21H26N2OS/c1-15-3-4-19(16(2)13-15)21(24)22-9-5-18(6-10-22)23-11-7-20-17(14-23)8-12-25-20/h3-4,8,12-13,18H,5-7,9-11,14H2,1-2H3. The van der Waals surface area contributed by atoms with Crippen molar-refractivity contribution >= 4 is 17.2 Å². The summed E-state index contributed by atoms with van der Waals surface area (Å²) < 4.78 is 0. The fourth-order valence-corrected chi connectivity index (χ4v) is 5.13. The van der Waals surface area contributed by atoms with Gasteiger partial charge in [-0.3, -0.25) is 9.69 Å². The molecule has 1 aromatic heterocycles. The fourth-order valence-electron chi connectivity index (χ4n) is 4.24. The van der Waals surface area contributed by atoms with Gasteiger partial charge in [0.2, 0.25) is 0 Å². The first-order valence-corrected chi connectivity index (χ1v) is 10.2. The average Bonchev–Trinajstić information content (AvgIpc) is 3.09. The number of nitrogens with zero attached hydrogens (tertiary/aromatic N) is 2. The molecular formula is C21H26N2OS. The molecular weight excluding hydrogens is 328 g/mol. The minimum Gasteiger partial charge on any atom is -0.339 e. The van der Waals surface area contributed by atoms with Gasteiger partial charge in [0.05, 0.1) is 0 Å². The zero-order valence-electron chi connectivity index (χ0n) is 15.1. The van der Waals surface area contributed by atoms with Crippen LogP contribution in [0.1, 0.15) is 44.8 Å². The van der Waals surface area contributed by atoms with Crippen LogP contribution in [-0.4, -0.2) is 41.4 Å². The Morgan fingerprint density at radius 2 is 1.92 bits per heavy atom. The zero-order chi connectivity index (χ0) is 17.4. The Hall–Kier alpha value is -1.65. The number of benzene rings is 1. The Bertz CT molecular complexity index is 774. The number of rotatable bonds is 2. The van der Waals surface area contributed by atoms with E-state index in [0.717, 1.165) is 43.6 Å². The van der Waals surface area contributed by atoms with Crippen LogP contribution in [-0.2, 0) is 13.0 Å². The summed E-state index contributed by atoms with van der Waals surface area (Å²) >= 11 is 1.90. The highest BCUT2D eigenvalue weighted by atomic mass is 32.1. The summed E-state index contributed by atoms with van der Waals surface area (Å²) in [5.74, 6) is 0.203. The lowest BCUT2D eigenvalue weighted by Gasteiger charge is -2.40. The number of piperidine rings is 1. The summed E-state index contributed by atoms with van der Waals surface area (Å²) in [6.07, 6.45) is 3.38. The molecule has 1 saturated heterocycles. The van der Waals surface area contributed by atoms with E-state index in [2.05, 4.69) is 29.3 Å². The van der Waals surface area contributed by atoms with E-state index < -0.39 is 0 Å². The first kappa shape index (κ1) is 16.8. The summed E-state index contributed by atoms with van der Waals surface area (Å²) in [6.45, 7) is 8.13. The lowest BCUT2D eigenvalue weighted by Crippen LogP contribution is -2.48. The van der Waals surface area contributed by atoms with E-state index in [1.54, 1.807) is 4.88 Å². The van der Waals surface area contributed by atoms with E-state index in [0.29, 0.717) is 6.04 Å². The third-order valence-electron chi connectivity index (χ3n) is 5.72. The Labute approximate surface area is 154 Å². The van der Waals surface area contributed by atoms with Gasteiger partial charge in [-0.15, -0.1) is 11.3 Å². The van der Waals surface area contributed by atoms with E-state index in [9.17, 15) is 4.79 Å². The third kappa shape index (κ3) is 3.38. The maximum Gasteiger partial charge on any atom is 0.254 e. The second kappa shape index (κ2) is 6.93. The molecule has 132 valence electrons. The van der Waals surface area contributed by atoms with Crippen LogP contribution in [0, 0.1) is 13.8 Å². The topological polar surface area (TPSA) is 23.6 Å². The Kier molecular flexibility index (Phi) is 4.65. The van der Waals surface area contributed by atoms with Crippen molar-refractivity contribution in [2.24, 2.45) is 0 Å². The van der Waals surface area contributed by atoms with Crippen molar-refractivity contribution in [1.29, 1.82) is 0 Å². The van der Waals surface area contributed by atoms with E-state index >= 15 is 0 Å². The number of carbonyl (C=O) groups is 1. The quantitative estimate of drug-likeness (QED) is 0.813. The summed E-state index contributed by atoms with van der Waals surface area (Å²) in [6, 6.07) is 9.04. The van der Waals surface area contributed by atoms with Gasteiger partial charge in [0.15, 0.2) is 0 Å². The van der Waals surface area contributed by atoms with Gasteiger partial charge in [0, 0.05) is 42.7 Å². The summed E-state index contributed by atoms with van der Waals surface area (Å²) in [7, 11) is 0. The van der Waals surface area contributed by atoms with Crippen LogP contribution in [0.4, 0.5) is 0 Å². The van der Waals surface area contributed by atoms with Crippen LogP contribution in [0.25, 0.3) is 0 Å².